The molecular formula is C34H54F2O3. The number of aryl methyl sites for hydroxylation is 1. The fraction of sp³-hybridized carbons (Fsp3) is 0.471. The smallest absolute Gasteiger partial charge is 0.165 e. The highest BCUT2D eigenvalue weighted by Gasteiger charge is 2.10. The maximum absolute atomic E-state index is 13.1. The average Bonchev–Trinajstić information content (AvgIpc) is 2.84. The highest BCUT2D eigenvalue weighted by Crippen LogP contribution is 2.28. The first-order valence-corrected chi connectivity index (χ1v) is 12.3. The molecule has 3 aromatic carbocycles. The van der Waals surface area contributed by atoms with E-state index in [4.69, 9.17) is 14.2 Å². The van der Waals surface area contributed by atoms with Crippen LogP contribution in [0.1, 0.15) is 104 Å². The second-order valence-electron chi connectivity index (χ2n) is 9.50. The van der Waals surface area contributed by atoms with Crippen molar-refractivity contribution in [3.63, 3.8) is 0 Å². The monoisotopic (exact) mass is 548 g/mol. The summed E-state index contributed by atoms with van der Waals surface area (Å²) in [5.74, 6) is 2.26. The molecule has 0 aliphatic rings. The molecule has 0 fully saturated rings. The molecule has 0 bridgehead atoms. The predicted octanol–water partition coefficient (Wildman–Crippen LogP) is 11.0. The van der Waals surface area contributed by atoms with E-state index in [0.717, 1.165) is 16.9 Å². The third-order valence-electron chi connectivity index (χ3n) is 5.64. The molecule has 39 heavy (non-hydrogen) atoms. The number of methoxy groups -OCH3 is 3. The number of ether oxygens (including phenoxy) is 3. The molecule has 3 nitrogen and oxygen atoms in total. The Labute approximate surface area is 238 Å². The molecular weight excluding hydrogens is 494 g/mol. The molecule has 0 aliphatic carbocycles. The Kier molecular flexibility index (Phi) is 20.6. The van der Waals surface area contributed by atoms with E-state index in [1.807, 2.05) is 45.9 Å². The number of rotatable bonds is 6. The second kappa shape index (κ2) is 19.9. The lowest BCUT2D eigenvalue weighted by atomic mass is 10.0. The van der Waals surface area contributed by atoms with E-state index in [1.165, 1.54) is 37.5 Å². The van der Waals surface area contributed by atoms with Gasteiger partial charge in [0, 0.05) is 0 Å². The Hall–Kier alpha value is -3.08. The van der Waals surface area contributed by atoms with Gasteiger partial charge < -0.3 is 14.2 Å². The van der Waals surface area contributed by atoms with Crippen molar-refractivity contribution in [3.05, 3.63) is 88.5 Å². The lowest BCUT2D eigenvalue weighted by Crippen LogP contribution is -1.96. The summed E-state index contributed by atoms with van der Waals surface area (Å²) < 4.78 is 41.1. The molecule has 0 N–H and O–H groups in total. The van der Waals surface area contributed by atoms with E-state index in [0.29, 0.717) is 23.3 Å². The molecule has 3 rings (SSSR count). The van der Waals surface area contributed by atoms with Crippen LogP contribution >= 0.6 is 0 Å². The van der Waals surface area contributed by atoms with Gasteiger partial charge in [-0.3, -0.25) is 0 Å². The third-order valence-corrected chi connectivity index (χ3v) is 5.64. The molecule has 0 atom stereocenters. The summed E-state index contributed by atoms with van der Waals surface area (Å²) in [5, 5.41) is 0. The summed E-state index contributed by atoms with van der Waals surface area (Å²) in [7, 11) is 4.66. The zero-order valence-corrected chi connectivity index (χ0v) is 23.4. The van der Waals surface area contributed by atoms with E-state index in [-0.39, 0.29) is 39.8 Å². The molecule has 0 unspecified atom stereocenters. The number of halogens is 2. The maximum Gasteiger partial charge on any atom is 0.165 e. The fourth-order valence-electron chi connectivity index (χ4n) is 3.47. The van der Waals surface area contributed by atoms with Gasteiger partial charge in [-0.15, -0.1) is 0 Å². The van der Waals surface area contributed by atoms with Crippen molar-refractivity contribution in [2.24, 2.45) is 0 Å². The van der Waals surface area contributed by atoms with Crippen LogP contribution in [0, 0.1) is 18.6 Å². The van der Waals surface area contributed by atoms with Crippen LogP contribution < -0.4 is 14.2 Å². The molecule has 0 amide bonds. The minimum Gasteiger partial charge on any atom is -0.497 e. The first-order chi connectivity index (χ1) is 16.9. The van der Waals surface area contributed by atoms with Gasteiger partial charge in [-0.2, -0.15) is 0 Å². The molecule has 0 saturated heterocycles. The summed E-state index contributed by atoms with van der Waals surface area (Å²) in [4.78, 5) is 0. The van der Waals surface area contributed by atoms with Gasteiger partial charge in [0.2, 0.25) is 0 Å². The van der Waals surface area contributed by atoms with E-state index < -0.39 is 0 Å². The van der Waals surface area contributed by atoms with E-state index in [1.54, 1.807) is 19.2 Å². The van der Waals surface area contributed by atoms with Crippen molar-refractivity contribution in [2.75, 3.05) is 21.3 Å². The topological polar surface area (TPSA) is 27.7 Å². The van der Waals surface area contributed by atoms with Crippen LogP contribution in [0.25, 0.3) is 0 Å². The summed E-state index contributed by atoms with van der Waals surface area (Å²) >= 11 is 0. The number of hydrogen-bond donors (Lipinski definition) is 0. The molecule has 0 spiro atoms. The predicted molar refractivity (Wildman–Crippen MR) is 166 cm³/mol. The van der Waals surface area contributed by atoms with Crippen LogP contribution in [0.15, 0.2) is 54.6 Å². The lowest BCUT2D eigenvalue weighted by Gasteiger charge is -2.11. The van der Waals surface area contributed by atoms with Gasteiger partial charge >= 0.3 is 0 Å². The number of benzene rings is 3. The third kappa shape index (κ3) is 13.0. The normalized spacial score (nSPS) is 9.62. The standard InChI is InChI=1S/C11H16O.2C10H13FO.3CH4/c1-8(2)10-5-9(3)6-11(7-10)12-4;1-7(2)8-4-5-10(12-3)9(11)6-8;1-7(2)8-5-4-6-9(11)10(8)12-3;;;/h5-8H,1-4H3;2*4-7H,1-3H3;3*1H4. The Balaban J connectivity index is -0.000000480. The van der Waals surface area contributed by atoms with Gasteiger partial charge in [0.25, 0.3) is 0 Å². The maximum atomic E-state index is 13.1. The Bertz CT molecular complexity index is 1080. The molecule has 0 aliphatic heterocycles. The van der Waals surface area contributed by atoms with Gasteiger partial charge in [-0.25, -0.2) is 8.78 Å². The Morgan fingerprint density at radius 1 is 0.590 bits per heavy atom. The van der Waals surface area contributed by atoms with E-state index >= 15 is 0 Å². The minimum absolute atomic E-state index is 0. The van der Waals surface area contributed by atoms with Gasteiger partial charge in [0.1, 0.15) is 5.75 Å². The zero-order chi connectivity index (χ0) is 27.4. The van der Waals surface area contributed by atoms with Crippen LogP contribution in [0.4, 0.5) is 8.78 Å². The van der Waals surface area contributed by atoms with Gasteiger partial charge in [0.15, 0.2) is 23.1 Å². The van der Waals surface area contributed by atoms with Gasteiger partial charge in [-0.1, -0.05) is 88.1 Å². The second-order valence-corrected chi connectivity index (χ2v) is 9.50. The molecule has 5 heteroatoms. The van der Waals surface area contributed by atoms with Crippen molar-refractivity contribution >= 4 is 0 Å². The minimum atomic E-state index is -0.288. The number of para-hydroxylation sites is 1. The van der Waals surface area contributed by atoms with Gasteiger partial charge in [-0.05, 0) is 77.3 Å². The van der Waals surface area contributed by atoms with Crippen LogP contribution in [0.5, 0.6) is 17.2 Å². The Morgan fingerprint density at radius 2 is 1.18 bits per heavy atom. The van der Waals surface area contributed by atoms with Crippen molar-refractivity contribution in [2.45, 2.75) is 88.5 Å². The van der Waals surface area contributed by atoms with E-state index in [9.17, 15) is 8.78 Å². The zero-order valence-electron chi connectivity index (χ0n) is 23.4. The quantitative estimate of drug-likeness (QED) is 0.307. The average molecular weight is 549 g/mol. The summed E-state index contributed by atoms with van der Waals surface area (Å²) in [6.07, 6.45) is 0. The van der Waals surface area contributed by atoms with Crippen LogP contribution in [-0.2, 0) is 0 Å². The Morgan fingerprint density at radius 3 is 1.59 bits per heavy atom. The first-order valence-electron chi connectivity index (χ1n) is 12.3. The van der Waals surface area contributed by atoms with Crippen molar-refractivity contribution in [3.8, 4) is 17.2 Å². The van der Waals surface area contributed by atoms with Gasteiger partial charge in [0.05, 0.1) is 21.3 Å². The number of hydrogen-bond acceptors (Lipinski definition) is 3. The molecule has 222 valence electrons. The summed E-state index contributed by atoms with van der Waals surface area (Å²) in [5.41, 5.74) is 4.51. The SMILES string of the molecule is C.C.C.COc1c(F)cccc1C(C)C.COc1cc(C)cc(C(C)C)c1.COc1ccc(C(C)C)cc1F. The summed E-state index contributed by atoms with van der Waals surface area (Å²) in [6.45, 7) is 14.5. The fourth-order valence-corrected chi connectivity index (χ4v) is 3.47. The van der Waals surface area contributed by atoms with Crippen molar-refractivity contribution < 1.29 is 23.0 Å². The molecule has 0 saturated carbocycles. The molecule has 0 radical (unpaired) electrons. The van der Waals surface area contributed by atoms with Crippen molar-refractivity contribution in [1.29, 1.82) is 0 Å². The molecule has 0 heterocycles. The van der Waals surface area contributed by atoms with Crippen LogP contribution in [0.3, 0.4) is 0 Å². The van der Waals surface area contributed by atoms with E-state index in [2.05, 4.69) is 32.9 Å². The molecule has 0 aromatic heterocycles. The molecule has 3 aromatic rings. The van der Waals surface area contributed by atoms with Crippen LogP contribution in [-0.4, -0.2) is 21.3 Å². The first kappa shape index (κ1) is 40.4. The largest absolute Gasteiger partial charge is 0.497 e. The lowest BCUT2D eigenvalue weighted by molar-refractivity contribution is 0.379. The van der Waals surface area contributed by atoms with Crippen LogP contribution in [0.2, 0.25) is 0 Å². The summed E-state index contributed by atoms with van der Waals surface area (Å²) in [6, 6.07) is 16.4. The van der Waals surface area contributed by atoms with Crippen molar-refractivity contribution in [1.82, 2.24) is 0 Å². The highest BCUT2D eigenvalue weighted by atomic mass is 19.1. The highest BCUT2D eigenvalue weighted by molar-refractivity contribution is 5.37.